The Morgan fingerprint density at radius 3 is 2.12 bits per heavy atom. The number of esters is 1. The Hall–Kier alpha value is -3.35. The number of hydrogen-bond donors (Lipinski definition) is 0. The highest BCUT2D eigenvalue weighted by atomic mass is 16.7. The highest BCUT2D eigenvalue weighted by Crippen LogP contribution is 2.56. The van der Waals surface area contributed by atoms with Crippen LogP contribution in [0.25, 0.3) is 11.1 Å². The second kappa shape index (κ2) is 9.49. The van der Waals surface area contributed by atoms with Crippen LogP contribution in [0.2, 0.25) is 0 Å². The van der Waals surface area contributed by atoms with Crippen molar-refractivity contribution >= 4 is 5.97 Å². The molecule has 7 nitrogen and oxygen atoms in total. The fraction of sp³-hybridized carbons (Fsp3) is 0.444. The van der Waals surface area contributed by atoms with E-state index in [0.717, 1.165) is 35.1 Å². The van der Waals surface area contributed by atoms with Crippen LogP contribution in [0.3, 0.4) is 0 Å². The summed E-state index contributed by atoms with van der Waals surface area (Å²) in [6.45, 7) is 8.12. The van der Waals surface area contributed by atoms with Crippen LogP contribution in [0.4, 0.5) is 0 Å². The number of allylic oxidation sites excluding steroid dienone is 1. The largest absolute Gasteiger partial charge is 0.493 e. The van der Waals surface area contributed by atoms with Gasteiger partial charge in [0.05, 0.1) is 21.3 Å². The zero-order valence-corrected chi connectivity index (χ0v) is 20.9. The molecule has 2 aromatic rings. The number of rotatable bonds is 5. The summed E-state index contributed by atoms with van der Waals surface area (Å²) in [5, 5.41) is 0. The standard InChI is InChI=1S/C27H32O7/c1-8-14(2)27(28)34-26-22-17(11-19(29-5)23(26)30-6)9-15(3)16(4)10-18-12-20-24(33-13-32-20)25(31-7)21(18)22/h8,11-12,15-16H,9-10,13H2,1-7H3/t15-,16+/m0/s1. The van der Waals surface area contributed by atoms with Gasteiger partial charge in [-0.2, -0.15) is 0 Å². The van der Waals surface area contributed by atoms with Crippen LogP contribution in [-0.2, 0) is 17.6 Å². The first-order valence-electron chi connectivity index (χ1n) is 11.5. The van der Waals surface area contributed by atoms with E-state index in [1.807, 2.05) is 12.1 Å². The molecule has 0 saturated heterocycles. The van der Waals surface area contributed by atoms with E-state index in [1.165, 1.54) is 7.11 Å². The molecule has 0 bridgehead atoms. The number of carbonyl (C=O) groups excluding carboxylic acids is 1. The Labute approximate surface area is 200 Å². The van der Waals surface area contributed by atoms with E-state index in [9.17, 15) is 4.79 Å². The summed E-state index contributed by atoms with van der Waals surface area (Å²) < 4.78 is 34.8. The highest BCUT2D eigenvalue weighted by Gasteiger charge is 2.35. The predicted molar refractivity (Wildman–Crippen MR) is 128 cm³/mol. The molecule has 0 saturated carbocycles. The predicted octanol–water partition coefficient (Wildman–Crippen LogP) is 5.35. The van der Waals surface area contributed by atoms with Crippen molar-refractivity contribution in [1.29, 1.82) is 0 Å². The van der Waals surface area contributed by atoms with Gasteiger partial charge in [-0.3, -0.25) is 0 Å². The van der Waals surface area contributed by atoms with Gasteiger partial charge in [0, 0.05) is 16.7 Å². The minimum absolute atomic E-state index is 0.127. The molecule has 0 amide bonds. The zero-order valence-electron chi connectivity index (χ0n) is 20.9. The van der Waals surface area contributed by atoms with Gasteiger partial charge in [-0.15, -0.1) is 0 Å². The van der Waals surface area contributed by atoms with Crippen molar-refractivity contribution in [3.05, 3.63) is 34.9 Å². The number of methoxy groups -OCH3 is 3. The summed E-state index contributed by atoms with van der Waals surface area (Å²) in [4.78, 5) is 13.0. The molecule has 0 radical (unpaired) electrons. The van der Waals surface area contributed by atoms with Crippen LogP contribution in [0.5, 0.6) is 34.5 Å². The summed E-state index contributed by atoms with van der Waals surface area (Å²) in [5.74, 6) is 3.22. The second-order valence-corrected chi connectivity index (χ2v) is 8.88. The van der Waals surface area contributed by atoms with Crippen molar-refractivity contribution in [2.75, 3.05) is 28.1 Å². The molecule has 7 heteroatoms. The van der Waals surface area contributed by atoms with Gasteiger partial charge in [0.25, 0.3) is 0 Å². The molecule has 34 heavy (non-hydrogen) atoms. The molecule has 1 aliphatic heterocycles. The van der Waals surface area contributed by atoms with Gasteiger partial charge >= 0.3 is 5.97 Å². The summed E-state index contributed by atoms with van der Waals surface area (Å²) in [5.41, 5.74) is 4.08. The molecular weight excluding hydrogens is 436 g/mol. The number of ether oxygens (including phenoxy) is 6. The maximum atomic E-state index is 13.0. The van der Waals surface area contributed by atoms with Crippen LogP contribution in [0.15, 0.2) is 23.8 Å². The van der Waals surface area contributed by atoms with E-state index in [4.69, 9.17) is 28.4 Å². The molecule has 0 spiro atoms. The van der Waals surface area contributed by atoms with Gasteiger partial charge < -0.3 is 28.4 Å². The lowest BCUT2D eigenvalue weighted by Crippen LogP contribution is -2.19. The Morgan fingerprint density at radius 2 is 1.53 bits per heavy atom. The maximum Gasteiger partial charge on any atom is 0.338 e. The van der Waals surface area contributed by atoms with Gasteiger partial charge in [0.2, 0.25) is 18.3 Å². The average Bonchev–Trinajstić information content (AvgIpc) is 3.30. The minimum Gasteiger partial charge on any atom is -0.493 e. The first-order valence-corrected chi connectivity index (χ1v) is 11.5. The Kier molecular flexibility index (Phi) is 6.64. The quantitative estimate of drug-likeness (QED) is 0.333. The molecular formula is C27H32O7. The Balaban J connectivity index is 2.11. The zero-order chi connectivity index (χ0) is 24.6. The topological polar surface area (TPSA) is 72.5 Å². The van der Waals surface area contributed by atoms with Crippen molar-refractivity contribution in [2.45, 2.75) is 40.5 Å². The van der Waals surface area contributed by atoms with Crippen LogP contribution in [0.1, 0.15) is 38.8 Å². The lowest BCUT2D eigenvalue weighted by atomic mass is 9.77. The number of carbonyl (C=O) groups is 1. The molecule has 0 N–H and O–H groups in total. The monoisotopic (exact) mass is 468 g/mol. The fourth-order valence-electron chi connectivity index (χ4n) is 4.62. The normalized spacial score (nSPS) is 18.9. The van der Waals surface area contributed by atoms with Crippen molar-refractivity contribution in [1.82, 2.24) is 0 Å². The number of benzene rings is 2. The van der Waals surface area contributed by atoms with Crippen molar-refractivity contribution in [3.63, 3.8) is 0 Å². The van der Waals surface area contributed by atoms with Crippen LogP contribution < -0.4 is 28.4 Å². The third kappa shape index (κ3) is 3.93. The molecule has 1 heterocycles. The lowest BCUT2D eigenvalue weighted by molar-refractivity contribution is -0.130. The molecule has 2 aromatic carbocycles. The van der Waals surface area contributed by atoms with Crippen molar-refractivity contribution in [2.24, 2.45) is 11.8 Å². The molecule has 0 unspecified atom stereocenters. The van der Waals surface area contributed by atoms with Gasteiger partial charge in [-0.1, -0.05) is 19.9 Å². The maximum absolute atomic E-state index is 13.0. The third-order valence-corrected chi connectivity index (χ3v) is 6.87. The summed E-state index contributed by atoms with van der Waals surface area (Å²) >= 11 is 0. The lowest BCUT2D eigenvalue weighted by Gasteiger charge is -2.30. The van der Waals surface area contributed by atoms with Gasteiger partial charge in [0.1, 0.15) is 0 Å². The van der Waals surface area contributed by atoms with Gasteiger partial charge in [0.15, 0.2) is 23.0 Å². The molecule has 182 valence electrons. The van der Waals surface area contributed by atoms with Crippen LogP contribution in [0, 0.1) is 11.8 Å². The van der Waals surface area contributed by atoms with E-state index >= 15 is 0 Å². The molecule has 1 aliphatic carbocycles. The van der Waals surface area contributed by atoms with Gasteiger partial charge in [-0.25, -0.2) is 4.79 Å². The first kappa shape index (κ1) is 23.8. The van der Waals surface area contributed by atoms with Crippen LogP contribution in [-0.4, -0.2) is 34.1 Å². The SMILES string of the molecule is CC=C(C)C(=O)Oc1c(OC)c(OC)cc2c1-c1c(cc3c(c1OC)OCO3)C[C@@H](C)[C@@H](C)C2. The fourth-order valence-corrected chi connectivity index (χ4v) is 4.62. The van der Waals surface area contributed by atoms with Gasteiger partial charge in [-0.05, 0) is 61.8 Å². The van der Waals surface area contributed by atoms with E-state index < -0.39 is 5.97 Å². The van der Waals surface area contributed by atoms with Crippen LogP contribution >= 0.6 is 0 Å². The third-order valence-electron chi connectivity index (χ3n) is 6.87. The Morgan fingerprint density at radius 1 is 0.912 bits per heavy atom. The van der Waals surface area contributed by atoms with E-state index in [0.29, 0.717) is 51.9 Å². The molecule has 4 rings (SSSR count). The molecule has 2 aliphatic rings. The first-order chi connectivity index (χ1) is 16.3. The minimum atomic E-state index is -0.457. The number of fused-ring (bicyclic) bond motifs is 4. The smallest absolute Gasteiger partial charge is 0.338 e. The Bertz CT molecular complexity index is 1150. The summed E-state index contributed by atoms with van der Waals surface area (Å²) in [6.07, 6.45) is 3.29. The summed E-state index contributed by atoms with van der Waals surface area (Å²) in [6, 6.07) is 3.98. The van der Waals surface area contributed by atoms with Crippen molar-refractivity contribution < 1.29 is 33.2 Å². The van der Waals surface area contributed by atoms with E-state index in [1.54, 1.807) is 34.1 Å². The van der Waals surface area contributed by atoms with E-state index in [-0.39, 0.29) is 6.79 Å². The van der Waals surface area contributed by atoms with E-state index in [2.05, 4.69) is 13.8 Å². The average molecular weight is 469 g/mol. The van der Waals surface area contributed by atoms with Crippen molar-refractivity contribution in [3.8, 4) is 45.6 Å². The molecule has 2 atom stereocenters. The highest BCUT2D eigenvalue weighted by molar-refractivity contribution is 5.94. The second-order valence-electron chi connectivity index (χ2n) is 8.88. The summed E-state index contributed by atoms with van der Waals surface area (Å²) in [7, 11) is 4.72. The molecule has 0 fully saturated rings. The molecule has 0 aromatic heterocycles. The number of hydrogen-bond acceptors (Lipinski definition) is 7.